The largest absolute Gasteiger partial charge is 0.497 e. The maximum absolute atomic E-state index is 14.2. The van der Waals surface area contributed by atoms with Crippen molar-refractivity contribution >= 4 is 23.2 Å². The monoisotopic (exact) mass is 566 g/mol. The van der Waals surface area contributed by atoms with Gasteiger partial charge in [0, 0.05) is 17.5 Å². The molecular weight excluding hydrogens is 528 g/mol. The van der Waals surface area contributed by atoms with Crippen LogP contribution in [0.4, 0.5) is 0 Å². The highest BCUT2D eigenvalue weighted by Gasteiger charge is 2.34. The molecule has 0 bridgehead atoms. The smallest absolute Gasteiger partial charge is 0.247 e. The Balaban J connectivity index is 1.80. The van der Waals surface area contributed by atoms with Gasteiger partial charge >= 0.3 is 0 Å². The number of nitrogens with one attached hydrogen (secondary N) is 1. The van der Waals surface area contributed by atoms with Gasteiger partial charge in [0.15, 0.2) is 11.5 Å². The van der Waals surface area contributed by atoms with Crippen LogP contribution in [0.15, 0.2) is 53.9 Å². The Hall–Kier alpha value is -3.72. The van der Waals surface area contributed by atoms with E-state index in [4.69, 9.17) is 18.9 Å². The van der Waals surface area contributed by atoms with Crippen molar-refractivity contribution in [3.05, 3.63) is 69.9 Å². The van der Waals surface area contributed by atoms with Crippen molar-refractivity contribution in [3.8, 4) is 23.0 Å². The molecule has 0 unspecified atom stereocenters. The fourth-order valence-corrected chi connectivity index (χ4v) is 5.87. The molecule has 3 aromatic rings. The maximum Gasteiger partial charge on any atom is 0.247 e. The van der Waals surface area contributed by atoms with E-state index in [0.29, 0.717) is 22.8 Å². The lowest BCUT2D eigenvalue weighted by molar-refractivity contribution is -0.141. The first-order valence-electron chi connectivity index (χ1n) is 13.5. The second-order valence-electron chi connectivity index (χ2n) is 9.83. The number of carbonyl (C=O) groups excluding carboxylic acids is 2. The van der Waals surface area contributed by atoms with Crippen LogP contribution in [0.1, 0.15) is 54.1 Å². The van der Waals surface area contributed by atoms with Gasteiger partial charge in [-0.1, -0.05) is 37.5 Å². The van der Waals surface area contributed by atoms with E-state index in [9.17, 15) is 9.59 Å². The number of amides is 2. The SMILES string of the molecule is COc1ccc(CN(C(=O)Cc2cccs2)[C@H](C(=O)NC2CCCCC2)c2cc(OC)c(OC)c(OC)c2)cc1. The second-order valence-corrected chi connectivity index (χ2v) is 10.9. The van der Waals surface area contributed by atoms with Gasteiger partial charge in [-0.05, 0) is 59.7 Å². The molecule has 0 radical (unpaired) electrons. The quantitative estimate of drug-likeness (QED) is 0.310. The third kappa shape index (κ3) is 7.07. The Morgan fingerprint density at radius 1 is 0.925 bits per heavy atom. The third-order valence-corrected chi connectivity index (χ3v) is 8.13. The lowest BCUT2D eigenvalue weighted by Crippen LogP contribution is -2.47. The van der Waals surface area contributed by atoms with Crippen molar-refractivity contribution < 1.29 is 28.5 Å². The van der Waals surface area contributed by atoms with Gasteiger partial charge in [-0.15, -0.1) is 11.3 Å². The zero-order valence-corrected chi connectivity index (χ0v) is 24.4. The highest BCUT2D eigenvalue weighted by molar-refractivity contribution is 7.10. The fourth-order valence-electron chi connectivity index (χ4n) is 5.17. The number of hydrogen-bond acceptors (Lipinski definition) is 7. The average Bonchev–Trinajstić information content (AvgIpc) is 3.50. The van der Waals surface area contributed by atoms with Crippen LogP contribution in [-0.4, -0.2) is 51.2 Å². The van der Waals surface area contributed by atoms with E-state index < -0.39 is 6.04 Å². The molecule has 1 saturated carbocycles. The lowest BCUT2D eigenvalue weighted by atomic mass is 9.94. The van der Waals surface area contributed by atoms with E-state index in [1.807, 2.05) is 41.8 Å². The van der Waals surface area contributed by atoms with E-state index in [-0.39, 0.29) is 30.8 Å². The predicted molar refractivity (Wildman–Crippen MR) is 155 cm³/mol. The molecule has 1 heterocycles. The first-order valence-corrected chi connectivity index (χ1v) is 14.4. The van der Waals surface area contributed by atoms with Crippen LogP contribution in [0.3, 0.4) is 0 Å². The number of methoxy groups -OCH3 is 4. The topological polar surface area (TPSA) is 86.3 Å². The maximum atomic E-state index is 14.2. The van der Waals surface area contributed by atoms with E-state index >= 15 is 0 Å². The first kappa shape index (κ1) is 29.3. The summed E-state index contributed by atoms with van der Waals surface area (Å²) < 4.78 is 22.1. The summed E-state index contributed by atoms with van der Waals surface area (Å²) >= 11 is 1.52. The summed E-state index contributed by atoms with van der Waals surface area (Å²) in [6, 6.07) is 14.1. The molecule has 1 aliphatic carbocycles. The van der Waals surface area contributed by atoms with Gasteiger partial charge in [0.05, 0.1) is 34.9 Å². The number of thiophene rings is 1. The zero-order valence-electron chi connectivity index (χ0n) is 23.6. The Labute approximate surface area is 240 Å². The molecule has 1 fully saturated rings. The number of carbonyl (C=O) groups is 2. The van der Waals surface area contributed by atoms with Crippen molar-refractivity contribution in [2.45, 2.75) is 57.2 Å². The van der Waals surface area contributed by atoms with Crippen molar-refractivity contribution in [1.82, 2.24) is 10.2 Å². The second kappa shape index (κ2) is 14.1. The molecule has 40 heavy (non-hydrogen) atoms. The molecule has 2 aromatic carbocycles. The number of ether oxygens (including phenoxy) is 4. The average molecular weight is 567 g/mol. The van der Waals surface area contributed by atoms with Gasteiger partial charge in [-0.25, -0.2) is 0 Å². The Bertz CT molecular complexity index is 1230. The molecule has 1 aromatic heterocycles. The molecule has 1 atom stereocenters. The van der Waals surface area contributed by atoms with E-state index in [1.165, 1.54) is 39.1 Å². The van der Waals surface area contributed by atoms with Crippen LogP contribution < -0.4 is 24.3 Å². The van der Waals surface area contributed by atoms with Gasteiger partial charge in [-0.2, -0.15) is 0 Å². The highest BCUT2D eigenvalue weighted by Crippen LogP contribution is 2.41. The van der Waals surface area contributed by atoms with Crippen LogP contribution in [0, 0.1) is 0 Å². The molecule has 1 N–H and O–H groups in total. The van der Waals surface area contributed by atoms with Crippen molar-refractivity contribution in [2.75, 3.05) is 28.4 Å². The van der Waals surface area contributed by atoms with Crippen LogP contribution in [0.2, 0.25) is 0 Å². The molecule has 0 aliphatic heterocycles. The highest BCUT2D eigenvalue weighted by atomic mass is 32.1. The minimum absolute atomic E-state index is 0.0704. The molecule has 214 valence electrons. The summed E-state index contributed by atoms with van der Waals surface area (Å²) in [6.07, 6.45) is 5.36. The standard InChI is InChI=1S/C31H38N2O6S/c1-36-24-14-12-21(13-15-24)20-33(28(34)19-25-11-8-16-40-25)29(31(35)32-23-9-6-5-7-10-23)22-17-26(37-2)30(39-4)27(18-22)38-3/h8,11-18,23,29H,5-7,9-10,19-20H2,1-4H3,(H,32,35)/t29-/m0/s1. The molecule has 1 aliphatic rings. The predicted octanol–water partition coefficient (Wildman–Crippen LogP) is 5.54. The molecular formula is C31H38N2O6S. The van der Waals surface area contributed by atoms with Gasteiger partial charge in [0.2, 0.25) is 17.6 Å². The minimum Gasteiger partial charge on any atom is -0.497 e. The number of benzene rings is 2. The Morgan fingerprint density at radius 3 is 2.15 bits per heavy atom. The van der Waals surface area contributed by atoms with E-state index in [2.05, 4.69) is 5.32 Å². The molecule has 4 rings (SSSR count). The number of hydrogen-bond donors (Lipinski definition) is 1. The van der Waals surface area contributed by atoms with Gasteiger partial charge in [0.25, 0.3) is 0 Å². The van der Waals surface area contributed by atoms with Crippen LogP contribution in [0.25, 0.3) is 0 Å². The molecule has 2 amide bonds. The van der Waals surface area contributed by atoms with Crippen molar-refractivity contribution in [2.24, 2.45) is 0 Å². The number of nitrogens with zero attached hydrogens (tertiary/aromatic N) is 1. The third-order valence-electron chi connectivity index (χ3n) is 7.25. The van der Waals surface area contributed by atoms with Gasteiger partial charge in [-0.3, -0.25) is 9.59 Å². The van der Waals surface area contributed by atoms with Crippen molar-refractivity contribution in [1.29, 1.82) is 0 Å². The minimum atomic E-state index is -0.926. The summed E-state index contributed by atoms with van der Waals surface area (Å²) in [6.45, 7) is 0.230. The lowest BCUT2D eigenvalue weighted by Gasteiger charge is -2.34. The Kier molecular flexibility index (Phi) is 10.3. The fraction of sp³-hybridized carbons (Fsp3) is 0.419. The first-order chi connectivity index (χ1) is 19.5. The van der Waals surface area contributed by atoms with Crippen molar-refractivity contribution in [3.63, 3.8) is 0 Å². The normalized spacial score (nSPS) is 14.2. The molecule has 0 saturated heterocycles. The summed E-state index contributed by atoms with van der Waals surface area (Å²) in [5.74, 6) is 1.60. The van der Waals surface area contributed by atoms with E-state index in [0.717, 1.165) is 41.9 Å². The Morgan fingerprint density at radius 2 is 1.60 bits per heavy atom. The summed E-state index contributed by atoms with van der Waals surface area (Å²) in [7, 11) is 6.22. The molecule has 0 spiro atoms. The van der Waals surface area contributed by atoms with Crippen LogP contribution >= 0.6 is 11.3 Å². The van der Waals surface area contributed by atoms with Crippen LogP contribution in [-0.2, 0) is 22.6 Å². The summed E-state index contributed by atoms with van der Waals surface area (Å²) in [5, 5.41) is 5.20. The van der Waals surface area contributed by atoms with Crippen LogP contribution in [0.5, 0.6) is 23.0 Å². The molecule has 8 nitrogen and oxygen atoms in total. The summed E-state index contributed by atoms with van der Waals surface area (Å²) in [5.41, 5.74) is 1.46. The zero-order chi connectivity index (χ0) is 28.5. The van der Waals surface area contributed by atoms with Gasteiger partial charge < -0.3 is 29.2 Å². The van der Waals surface area contributed by atoms with E-state index in [1.54, 1.807) is 24.1 Å². The number of rotatable bonds is 12. The molecule has 9 heteroatoms. The summed E-state index contributed by atoms with van der Waals surface area (Å²) in [4.78, 5) is 30.8. The van der Waals surface area contributed by atoms with Gasteiger partial charge in [0.1, 0.15) is 11.8 Å².